The van der Waals surface area contributed by atoms with Gasteiger partial charge in [-0.3, -0.25) is 4.79 Å². The normalized spacial score (nSPS) is 9.23. The Balaban J connectivity index is 2.45. The van der Waals surface area contributed by atoms with Crippen LogP contribution in [0.15, 0.2) is 15.2 Å². The Morgan fingerprint density at radius 1 is 1.77 bits per heavy atom. The second-order valence-corrected chi connectivity index (χ2v) is 4.64. The van der Waals surface area contributed by atoms with E-state index in [1.54, 1.807) is 11.4 Å². The number of amides is 1. The lowest BCUT2D eigenvalue weighted by Gasteiger charge is -1.98. The van der Waals surface area contributed by atoms with Crippen molar-refractivity contribution in [2.45, 2.75) is 6.42 Å². The lowest BCUT2D eigenvalue weighted by molar-refractivity contribution is 0.0955. The quantitative estimate of drug-likeness (QED) is 0.654. The van der Waals surface area contributed by atoms with E-state index >= 15 is 0 Å². The maximum absolute atomic E-state index is 11.3. The van der Waals surface area contributed by atoms with Gasteiger partial charge in [-0.1, -0.05) is 0 Å². The van der Waals surface area contributed by atoms with E-state index in [1.807, 2.05) is 0 Å². The third-order valence-corrected chi connectivity index (χ3v) is 2.89. The van der Waals surface area contributed by atoms with Gasteiger partial charge >= 0.3 is 0 Å². The van der Waals surface area contributed by atoms with Gasteiger partial charge in [0.2, 0.25) is 0 Å². The van der Waals surface area contributed by atoms with Crippen LogP contribution in [0.1, 0.15) is 16.8 Å². The molecule has 4 heteroatoms. The fourth-order valence-corrected chi connectivity index (χ4v) is 1.92. The number of rotatable bonds is 3. The summed E-state index contributed by atoms with van der Waals surface area (Å²) in [5.74, 6) is 2.39. The summed E-state index contributed by atoms with van der Waals surface area (Å²) in [7, 11) is 0. The number of hydrogen-bond donors (Lipinski definition) is 1. The van der Waals surface area contributed by atoms with Crippen LogP contribution < -0.4 is 5.32 Å². The molecule has 2 nitrogen and oxygen atoms in total. The monoisotopic (exact) mass is 257 g/mol. The number of carbonyl (C=O) groups excluding carboxylic acids is 1. The first-order chi connectivity index (χ1) is 6.24. The first-order valence-electron chi connectivity index (χ1n) is 3.69. The Bertz CT molecular complexity index is 340. The maximum atomic E-state index is 11.3. The highest BCUT2D eigenvalue weighted by Crippen LogP contribution is 2.20. The molecule has 0 aliphatic heterocycles. The molecule has 0 atom stereocenters. The Morgan fingerprint density at radius 3 is 3.08 bits per heavy atom. The Hall–Kier alpha value is -0.790. The molecule has 0 aromatic carbocycles. The maximum Gasteiger partial charge on any atom is 0.252 e. The van der Waals surface area contributed by atoms with E-state index in [1.165, 1.54) is 11.3 Å². The lowest BCUT2D eigenvalue weighted by atomic mass is 10.3. The van der Waals surface area contributed by atoms with Crippen molar-refractivity contribution in [2.75, 3.05) is 6.54 Å². The van der Waals surface area contributed by atoms with Crippen molar-refractivity contribution in [3.63, 3.8) is 0 Å². The van der Waals surface area contributed by atoms with Crippen LogP contribution in [0.4, 0.5) is 0 Å². The van der Waals surface area contributed by atoms with Crippen molar-refractivity contribution in [3.8, 4) is 12.3 Å². The van der Waals surface area contributed by atoms with Gasteiger partial charge in [-0.2, -0.15) is 0 Å². The highest BCUT2D eigenvalue weighted by atomic mass is 79.9. The van der Waals surface area contributed by atoms with Crippen molar-refractivity contribution in [1.82, 2.24) is 5.32 Å². The van der Waals surface area contributed by atoms with Gasteiger partial charge in [0.15, 0.2) is 0 Å². The van der Waals surface area contributed by atoms with Gasteiger partial charge in [-0.25, -0.2) is 0 Å². The SMILES string of the molecule is C#CCCNC(=O)c1csc(Br)c1. The van der Waals surface area contributed by atoms with E-state index < -0.39 is 0 Å². The topological polar surface area (TPSA) is 29.1 Å². The molecule has 0 unspecified atom stereocenters. The molecule has 1 N–H and O–H groups in total. The number of halogens is 1. The molecule has 1 aromatic rings. The van der Waals surface area contributed by atoms with Crippen LogP contribution in [0, 0.1) is 12.3 Å². The molecule has 0 radical (unpaired) electrons. The summed E-state index contributed by atoms with van der Waals surface area (Å²) in [5, 5.41) is 4.52. The Labute approximate surface area is 89.5 Å². The number of terminal acetylenes is 1. The molecule has 0 aliphatic rings. The predicted molar refractivity (Wildman–Crippen MR) is 57.8 cm³/mol. The van der Waals surface area contributed by atoms with Gasteiger partial charge in [-0.15, -0.1) is 23.7 Å². The molecule has 13 heavy (non-hydrogen) atoms. The number of nitrogens with one attached hydrogen (secondary N) is 1. The van der Waals surface area contributed by atoms with Crippen LogP contribution in [0.2, 0.25) is 0 Å². The summed E-state index contributed by atoms with van der Waals surface area (Å²) >= 11 is 4.78. The van der Waals surface area contributed by atoms with Gasteiger partial charge in [0.1, 0.15) is 0 Å². The molecule has 1 aromatic heterocycles. The lowest BCUT2D eigenvalue weighted by Crippen LogP contribution is -2.23. The molecular weight excluding hydrogens is 250 g/mol. The van der Waals surface area contributed by atoms with Gasteiger partial charge in [0.05, 0.1) is 9.35 Å². The molecule has 1 amide bonds. The summed E-state index contributed by atoms with van der Waals surface area (Å²) in [5.41, 5.74) is 0.675. The van der Waals surface area contributed by atoms with Crippen LogP contribution in [0.5, 0.6) is 0 Å². The first-order valence-corrected chi connectivity index (χ1v) is 5.37. The Kier molecular flexibility index (Phi) is 4.00. The molecule has 0 saturated carbocycles. The fourth-order valence-electron chi connectivity index (χ4n) is 0.779. The zero-order valence-corrected chi connectivity index (χ0v) is 9.24. The minimum Gasteiger partial charge on any atom is -0.351 e. The standard InChI is InChI=1S/C9H8BrNOS/c1-2-3-4-11-9(12)7-5-8(10)13-6-7/h1,5-6H,3-4H2,(H,11,12). The second-order valence-electron chi connectivity index (χ2n) is 2.35. The van der Waals surface area contributed by atoms with Crippen LogP contribution >= 0.6 is 27.3 Å². The highest BCUT2D eigenvalue weighted by Gasteiger charge is 2.05. The molecule has 0 aliphatic carbocycles. The van der Waals surface area contributed by atoms with Crippen LogP contribution in [0.3, 0.4) is 0 Å². The minimum atomic E-state index is -0.0720. The van der Waals surface area contributed by atoms with E-state index in [4.69, 9.17) is 6.42 Å². The van der Waals surface area contributed by atoms with Crippen LogP contribution in [0.25, 0.3) is 0 Å². The molecule has 0 bridgehead atoms. The minimum absolute atomic E-state index is 0.0720. The summed E-state index contributed by atoms with van der Waals surface area (Å²) < 4.78 is 0.953. The number of hydrogen-bond acceptors (Lipinski definition) is 2. The average Bonchev–Trinajstić information content (AvgIpc) is 2.52. The van der Waals surface area contributed by atoms with Gasteiger partial charge in [0.25, 0.3) is 5.91 Å². The third kappa shape index (κ3) is 3.21. The second kappa shape index (κ2) is 5.05. The zero-order valence-electron chi connectivity index (χ0n) is 6.84. The van der Waals surface area contributed by atoms with Crippen molar-refractivity contribution in [2.24, 2.45) is 0 Å². The zero-order chi connectivity index (χ0) is 9.68. The van der Waals surface area contributed by atoms with E-state index in [0.717, 1.165) is 3.79 Å². The molecule has 68 valence electrons. The van der Waals surface area contributed by atoms with E-state index in [0.29, 0.717) is 18.5 Å². The average molecular weight is 258 g/mol. The summed E-state index contributed by atoms with van der Waals surface area (Å²) in [6, 6.07) is 1.79. The summed E-state index contributed by atoms with van der Waals surface area (Å²) in [4.78, 5) is 11.3. The van der Waals surface area contributed by atoms with E-state index in [9.17, 15) is 4.79 Å². The third-order valence-electron chi connectivity index (χ3n) is 1.38. The van der Waals surface area contributed by atoms with Crippen molar-refractivity contribution < 1.29 is 4.79 Å². The van der Waals surface area contributed by atoms with E-state index in [-0.39, 0.29) is 5.91 Å². The smallest absolute Gasteiger partial charge is 0.252 e. The molecular formula is C9H8BrNOS. The summed E-state index contributed by atoms with van der Waals surface area (Å²) in [6.45, 7) is 0.531. The van der Waals surface area contributed by atoms with Crippen LogP contribution in [-0.2, 0) is 0 Å². The van der Waals surface area contributed by atoms with Crippen molar-refractivity contribution >= 4 is 33.2 Å². The van der Waals surface area contributed by atoms with Crippen molar-refractivity contribution in [3.05, 3.63) is 20.8 Å². The molecule has 1 heterocycles. The number of carbonyl (C=O) groups is 1. The molecule has 0 spiro atoms. The predicted octanol–water partition coefficient (Wildman–Crippen LogP) is 2.26. The molecule has 0 fully saturated rings. The fraction of sp³-hybridized carbons (Fsp3) is 0.222. The van der Waals surface area contributed by atoms with Gasteiger partial charge < -0.3 is 5.32 Å². The van der Waals surface area contributed by atoms with Gasteiger partial charge in [-0.05, 0) is 22.0 Å². The van der Waals surface area contributed by atoms with Gasteiger partial charge in [0, 0.05) is 18.3 Å². The summed E-state index contributed by atoms with van der Waals surface area (Å²) in [6.07, 6.45) is 5.62. The first kappa shape index (κ1) is 10.3. The highest BCUT2D eigenvalue weighted by molar-refractivity contribution is 9.11. The molecule has 0 saturated heterocycles. The molecule has 1 rings (SSSR count). The van der Waals surface area contributed by atoms with Crippen molar-refractivity contribution in [1.29, 1.82) is 0 Å². The largest absolute Gasteiger partial charge is 0.351 e. The van der Waals surface area contributed by atoms with Crippen LogP contribution in [-0.4, -0.2) is 12.5 Å². The Morgan fingerprint density at radius 2 is 2.54 bits per heavy atom. The number of thiophene rings is 1. The van der Waals surface area contributed by atoms with E-state index in [2.05, 4.69) is 27.2 Å².